The van der Waals surface area contributed by atoms with E-state index in [9.17, 15) is 4.39 Å². The van der Waals surface area contributed by atoms with Crippen molar-refractivity contribution in [2.75, 3.05) is 6.54 Å². The van der Waals surface area contributed by atoms with E-state index in [0.717, 1.165) is 16.6 Å². The normalized spacial score (nSPS) is 12.7. The molecule has 1 nitrogen and oxygen atoms in total. The summed E-state index contributed by atoms with van der Waals surface area (Å²) in [6, 6.07) is 7.56. The molecule has 0 saturated heterocycles. The number of halogens is 2. The fraction of sp³-hybridized carbons (Fsp3) is 0.333. The van der Waals surface area contributed by atoms with Crippen molar-refractivity contribution in [1.82, 2.24) is 5.32 Å². The molecule has 1 unspecified atom stereocenters. The van der Waals surface area contributed by atoms with E-state index in [2.05, 4.69) is 41.2 Å². The van der Waals surface area contributed by atoms with Crippen LogP contribution in [0.2, 0.25) is 0 Å². The van der Waals surface area contributed by atoms with Gasteiger partial charge in [0, 0.05) is 14.2 Å². The number of thiophene rings is 1. The molecule has 0 aliphatic carbocycles. The third kappa shape index (κ3) is 3.25. The molecule has 1 heterocycles. The zero-order valence-corrected chi connectivity index (χ0v) is 13.7. The van der Waals surface area contributed by atoms with Gasteiger partial charge in [-0.25, -0.2) is 4.39 Å². The summed E-state index contributed by atoms with van der Waals surface area (Å²) < 4.78 is 14.5. The van der Waals surface area contributed by atoms with E-state index in [1.54, 1.807) is 24.3 Å². The van der Waals surface area contributed by atoms with Gasteiger partial charge < -0.3 is 5.32 Å². The summed E-state index contributed by atoms with van der Waals surface area (Å²) in [7, 11) is 0. The second-order valence-corrected chi connectivity index (χ2v) is 6.71. The molecule has 0 fully saturated rings. The zero-order valence-electron chi connectivity index (χ0n) is 11.3. The molecule has 0 saturated carbocycles. The van der Waals surface area contributed by atoms with Gasteiger partial charge in [0.25, 0.3) is 0 Å². The van der Waals surface area contributed by atoms with Gasteiger partial charge in [0.05, 0.1) is 6.04 Å². The van der Waals surface area contributed by atoms with Crippen molar-refractivity contribution in [2.24, 2.45) is 0 Å². The van der Waals surface area contributed by atoms with E-state index in [4.69, 9.17) is 0 Å². The van der Waals surface area contributed by atoms with Crippen molar-refractivity contribution in [2.45, 2.75) is 26.8 Å². The van der Waals surface area contributed by atoms with Crippen LogP contribution < -0.4 is 5.32 Å². The first-order valence-electron chi connectivity index (χ1n) is 6.28. The van der Waals surface area contributed by atoms with Crippen molar-refractivity contribution in [3.05, 3.63) is 55.4 Å². The first kappa shape index (κ1) is 14.7. The Bertz CT molecular complexity index is 580. The fourth-order valence-corrected chi connectivity index (χ4v) is 4.10. The van der Waals surface area contributed by atoms with Gasteiger partial charge in [-0.3, -0.25) is 0 Å². The lowest BCUT2D eigenvalue weighted by Crippen LogP contribution is -2.21. The predicted octanol–water partition coefficient (Wildman–Crippen LogP) is 4.97. The Morgan fingerprint density at radius 3 is 2.58 bits per heavy atom. The number of aryl methyl sites for hydroxylation is 2. The zero-order chi connectivity index (χ0) is 14.0. The Labute approximate surface area is 126 Å². The number of rotatable bonds is 4. The summed E-state index contributed by atoms with van der Waals surface area (Å²) in [5.41, 5.74) is 1.79. The average Bonchev–Trinajstić information content (AvgIpc) is 2.69. The number of nitrogens with one attached hydrogen (secondary N) is 1. The largest absolute Gasteiger partial charge is 0.306 e. The smallest absolute Gasteiger partial charge is 0.126 e. The topological polar surface area (TPSA) is 12.0 Å². The van der Waals surface area contributed by atoms with E-state index in [0.29, 0.717) is 5.56 Å². The van der Waals surface area contributed by atoms with Gasteiger partial charge in [0.2, 0.25) is 0 Å². The highest BCUT2D eigenvalue weighted by molar-refractivity contribution is 9.10. The Kier molecular flexibility index (Phi) is 4.76. The van der Waals surface area contributed by atoms with Crippen LogP contribution in [0.15, 0.2) is 28.7 Å². The lowest BCUT2D eigenvalue weighted by molar-refractivity contribution is 0.608. The van der Waals surface area contributed by atoms with Crippen LogP contribution >= 0.6 is 27.3 Å². The minimum atomic E-state index is -0.152. The molecule has 1 N–H and O–H groups in total. The monoisotopic (exact) mass is 341 g/mol. The highest BCUT2D eigenvalue weighted by Gasteiger charge is 2.19. The summed E-state index contributed by atoms with van der Waals surface area (Å²) in [5, 5.41) is 3.47. The van der Waals surface area contributed by atoms with Crippen LogP contribution in [-0.4, -0.2) is 6.54 Å². The van der Waals surface area contributed by atoms with Crippen LogP contribution in [-0.2, 0) is 0 Å². The third-order valence-corrected chi connectivity index (χ3v) is 5.06. The van der Waals surface area contributed by atoms with Gasteiger partial charge in [0.15, 0.2) is 0 Å². The molecule has 0 aliphatic rings. The number of hydrogen-bond donors (Lipinski definition) is 1. The maximum absolute atomic E-state index is 13.4. The molecule has 0 spiro atoms. The van der Waals surface area contributed by atoms with E-state index < -0.39 is 0 Å². The minimum absolute atomic E-state index is 0.109. The second-order valence-electron chi connectivity index (χ2n) is 4.57. The van der Waals surface area contributed by atoms with Gasteiger partial charge in [-0.1, -0.05) is 19.1 Å². The summed E-state index contributed by atoms with van der Waals surface area (Å²) in [6.45, 7) is 6.84. The summed E-state index contributed by atoms with van der Waals surface area (Å²) in [5.74, 6) is -0.152. The highest BCUT2D eigenvalue weighted by atomic mass is 79.9. The molecule has 2 aromatic rings. The van der Waals surface area contributed by atoms with Gasteiger partial charge >= 0.3 is 0 Å². The number of benzene rings is 1. The predicted molar refractivity (Wildman–Crippen MR) is 83.4 cm³/mol. The van der Waals surface area contributed by atoms with Crippen LogP contribution in [0, 0.1) is 19.7 Å². The first-order valence-corrected chi connectivity index (χ1v) is 7.89. The van der Waals surface area contributed by atoms with Crippen LogP contribution in [0.1, 0.15) is 33.8 Å². The lowest BCUT2D eigenvalue weighted by atomic mass is 10.0. The van der Waals surface area contributed by atoms with E-state index >= 15 is 0 Å². The first-order chi connectivity index (χ1) is 9.02. The van der Waals surface area contributed by atoms with Crippen LogP contribution in [0.4, 0.5) is 4.39 Å². The second kappa shape index (κ2) is 6.16. The number of hydrogen-bond acceptors (Lipinski definition) is 2. The standard InChI is InChI=1S/C15H17BrFNS/c1-4-18-14(15-12(16)8-10(3)19-15)11-5-6-13(17)9(2)7-11/h5-8,14,18H,4H2,1-3H3. The summed E-state index contributed by atoms with van der Waals surface area (Å²) in [4.78, 5) is 2.51. The molecule has 1 aromatic carbocycles. The Balaban J connectivity index is 2.44. The van der Waals surface area contributed by atoms with Crippen molar-refractivity contribution >= 4 is 27.3 Å². The van der Waals surface area contributed by atoms with E-state index in [1.807, 2.05) is 12.1 Å². The molecular formula is C15H17BrFNS. The Morgan fingerprint density at radius 1 is 1.32 bits per heavy atom. The Hall–Kier alpha value is -0.710. The maximum Gasteiger partial charge on any atom is 0.126 e. The van der Waals surface area contributed by atoms with E-state index in [1.165, 1.54) is 9.75 Å². The van der Waals surface area contributed by atoms with Gasteiger partial charge in [0.1, 0.15) is 5.82 Å². The highest BCUT2D eigenvalue weighted by Crippen LogP contribution is 2.35. The van der Waals surface area contributed by atoms with Gasteiger partial charge in [-0.05, 0) is 59.6 Å². The van der Waals surface area contributed by atoms with Crippen molar-refractivity contribution in [1.29, 1.82) is 0 Å². The van der Waals surface area contributed by atoms with Gasteiger partial charge in [-0.15, -0.1) is 11.3 Å². The fourth-order valence-electron chi connectivity index (χ4n) is 2.11. The molecule has 0 bridgehead atoms. The van der Waals surface area contributed by atoms with Gasteiger partial charge in [-0.2, -0.15) is 0 Å². The average molecular weight is 342 g/mol. The quantitative estimate of drug-likeness (QED) is 0.828. The summed E-state index contributed by atoms with van der Waals surface area (Å²) >= 11 is 5.38. The molecule has 4 heteroatoms. The maximum atomic E-state index is 13.4. The molecular weight excluding hydrogens is 325 g/mol. The molecule has 19 heavy (non-hydrogen) atoms. The van der Waals surface area contributed by atoms with Crippen LogP contribution in [0.25, 0.3) is 0 Å². The Morgan fingerprint density at radius 2 is 2.05 bits per heavy atom. The van der Waals surface area contributed by atoms with Crippen molar-refractivity contribution < 1.29 is 4.39 Å². The molecule has 2 rings (SSSR count). The van der Waals surface area contributed by atoms with Crippen molar-refractivity contribution in [3.63, 3.8) is 0 Å². The van der Waals surface area contributed by atoms with Crippen molar-refractivity contribution in [3.8, 4) is 0 Å². The summed E-state index contributed by atoms with van der Waals surface area (Å²) in [6.07, 6.45) is 0. The minimum Gasteiger partial charge on any atom is -0.306 e. The lowest BCUT2D eigenvalue weighted by Gasteiger charge is -2.18. The molecule has 1 aromatic heterocycles. The molecule has 0 aliphatic heterocycles. The third-order valence-electron chi connectivity index (χ3n) is 3.02. The van der Waals surface area contributed by atoms with Crippen LogP contribution in [0.3, 0.4) is 0 Å². The van der Waals surface area contributed by atoms with Crippen LogP contribution in [0.5, 0.6) is 0 Å². The molecule has 0 radical (unpaired) electrons. The SMILES string of the molecule is CCNC(c1ccc(F)c(C)c1)c1sc(C)cc1Br. The molecule has 102 valence electrons. The molecule has 0 amide bonds. The molecule has 1 atom stereocenters. The van der Waals surface area contributed by atoms with E-state index in [-0.39, 0.29) is 11.9 Å².